The van der Waals surface area contributed by atoms with Gasteiger partial charge in [0.05, 0.1) is 24.0 Å². The number of carbonyl (C=O) groups is 1. The molecule has 0 atom stereocenters. The van der Waals surface area contributed by atoms with Crippen LogP contribution in [0.3, 0.4) is 0 Å². The summed E-state index contributed by atoms with van der Waals surface area (Å²) in [5, 5.41) is 14.6. The highest BCUT2D eigenvalue weighted by atomic mass is 16.5. The highest BCUT2D eigenvalue weighted by Crippen LogP contribution is 2.38. The van der Waals surface area contributed by atoms with E-state index in [2.05, 4.69) is 32.2 Å². The zero-order chi connectivity index (χ0) is 27.5. The molecule has 2 aromatic heterocycles. The van der Waals surface area contributed by atoms with E-state index in [1.807, 2.05) is 58.9 Å². The first-order valence-electron chi connectivity index (χ1n) is 12.5. The van der Waals surface area contributed by atoms with Crippen molar-refractivity contribution in [2.24, 2.45) is 5.92 Å². The van der Waals surface area contributed by atoms with Crippen LogP contribution in [-0.2, 0) is 0 Å². The zero-order valence-corrected chi connectivity index (χ0v) is 22.9. The fraction of sp³-hybridized carbons (Fsp3) is 0.345. The molecule has 1 aliphatic rings. The minimum atomic E-state index is 0.0559. The minimum Gasteiger partial charge on any atom is -0.494 e. The molecule has 1 saturated carbocycles. The molecule has 3 N–H and O–H groups in total. The summed E-state index contributed by atoms with van der Waals surface area (Å²) in [5.41, 5.74) is 3.76. The third-order valence-corrected chi connectivity index (χ3v) is 5.23. The smallest absolute Gasteiger partial charge is 0.169 e. The van der Waals surface area contributed by atoms with Crippen LogP contribution in [0.25, 0.3) is 0 Å². The standard InChI is InChI=1S/C24H26N6O2.C3H6.C2H6/c1-13-10-22(28-15(3)27-13)30-21-11-20(18(12-26-21)23(31)16-8-9-16)29-19-7-5-6-17(14(2)25)24(19)32-4;1-3-2;1-2/h5-7,10-12,16,25H,8-9H2,1-4H3,(H2,26,27,28,29,30);3H,1H2,2H3;1-2H3. The number of benzene rings is 1. The molecule has 8 heteroatoms. The number of methoxy groups -OCH3 is 1. The van der Waals surface area contributed by atoms with E-state index in [-0.39, 0.29) is 11.7 Å². The average Bonchev–Trinajstić information content (AvgIpc) is 3.70. The van der Waals surface area contributed by atoms with Crippen molar-refractivity contribution in [1.82, 2.24) is 15.0 Å². The number of pyridine rings is 1. The van der Waals surface area contributed by atoms with Gasteiger partial charge in [0.2, 0.25) is 0 Å². The first-order chi connectivity index (χ1) is 17.8. The number of aromatic nitrogens is 3. The van der Waals surface area contributed by atoms with Gasteiger partial charge in [0.1, 0.15) is 17.5 Å². The number of allylic oxidation sites excluding steroid dienone is 1. The first-order valence-corrected chi connectivity index (χ1v) is 12.5. The van der Waals surface area contributed by atoms with Crippen LogP contribution >= 0.6 is 0 Å². The number of nitrogens with one attached hydrogen (secondary N) is 3. The topological polar surface area (TPSA) is 113 Å². The molecular formula is C29H38N6O2. The molecule has 37 heavy (non-hydrogen) atoms. The predicted octanol–water partition coefficient (Wildman–Crippen LogP) is 7.18. The van der Waals surface area contributed by atoms with Gasteiger partial charge in [-0.15, -0.1) is 6.58 Å². The van der Waals surface area contributed by atoms with Crippen LogP contribution in [0.15, 0.2) is 49.2 Å². The van der Waals surface area contributed by atoms with Gasteiger partial charge in [-0.25, -0.2) is 15.0 Å². The third-order valence-electron chi connectivity index (χ3n) is 5.23. The van der Waals surface area contributed by atoms with E-state index in [0.29, 0.717) is 51.4 Å². The molecule has 1 aliphatic carbocycles. The number of anilines is 4. The number of carbonyl (C=O) groups excluding carboxylic acids is 1. The lowest BCUT2D eigenvalue weighted by molar-refractivity contribution is 0.0968. The van der Waals surface area contributed by atoms with Crippen molar-refractivity contribution in [3.63, 3.8) is 0 Å². The van der Waals surface area contributed by atoms with E-state index < -0.39 is 0 Å². The van der Waals surface area contributed by atoms with Crippen molar-refractivity contribution in [3.05, 3.63) is 71.8 Å². The Labute approximate surface area is 220 Å². The molecule has 0 radical (unpaired) electrons. The zero-order valence-electron chi connectivity index (χ0n) is 22.9. The molecule has 0 aliphatic heterocycles. The average molecular weight is 503 g/mol. The predicted molar refractivity (Wildman–Crippen MR) is 152 cm³/mol. The van der Waals surface area contributed by atoms with Crippen LogP contribution in [0, 0.1) is 25.2 Å². The summed E-state index contributed by atoms with van der Waals surface area (Å²) in [5.74, 6) is 2.54. The van der Waals surface area contributed by atoms with E-state index in [0.717, 1.165) is 18.5 Å². The van der Waals surface area contributed by atoms with E-state index in [1.54, 1.807) is 32.4 Å². The summed E-state index contributed by atoms with van der Waals surface area (Å²) in [6, 6.07) is 9.19. The van der Waals surface area contributed by atoms with Gasteiger partial charge in [-0.1, -0.05) is 26.0 Å². The molecule has 0 spiro atoms. The van der Waals surface area contributed by atoms with Crippen molar-refractivity contribution >= 4 is 34.5 Å². The van der Waals surface area contributed by atoms with Gasteiger partial charge < -0.3 is 20.8 Å². The molecule has 2 heterocycles. The third kappa shape index (κ3) is 7.96. The van der Waals surface area contributed by atoms with Gasteiger partial charge in [0, 0.05) is 41.2 Å². The number of Topliss-reactive ketones (excluding diaryl/α,β-unsaturated/α-hetero) is 1. The molecule has 1 aromatic carbocycles. The second kappa shape index (κ2) is 13.9. The van der Waals surface area contributed by atoms with Gasteiger partial charge in [0.15, 0.2) is 11.5 Å². The van der Waals surface area contributed by atoms with E-state index in [4.69, 9.17) is 10.1 Å². The van der Waals surface area contributed by atoms with E-state index in [9.17, 15) is 4.79 Å². The Kier molecular flexibility index (Phi) is 10.9. The van der Waals surface area contributed by atoms with Crippen molar-refractivity contribution in [1.29, 1.82) is 5.41 Å². The van der Waals surface area contributed by atoms with E-state index in [1.165, 1.54) is 0 Å². The largest absolute Gasteiger partial charge is 0.494 e. The fourth-order valence-electron chi connectivity index (χ4n) is 3.60. The number of para-hydroxylation sites is 1. The van der Waals surface area contributed by atoms with Crippen molar-refractivity contribution in [2.45, 2.75) is 54.4 Å². The molecule has 3 aromatic rings. The van der Waals surface area contributed by atoms with E-state index >= 15 is 0 Å². The summed E-state index contributed by atoms with van der Waals surface area (Å²) in [7, 11) is 1.57. The molecule has 4 rings (SSSR count). The van der Waals surface area contributed by atoms with Crippen molar-refractivity contribution in [2.75, 3.05) is 17.7 Å². The maximum Gasteiger partial charge on any atom is 0.169 e. The number of hydrogen-bond donors (Lipinski definition) is 3. The lowest BCUT2D eigenvalue weighted by Crippen LogP contribution is -2.09. The number of aryl methyl sites for hydroxylation is 2. The Morgan fingerprint density at radius 2 is 1.76 bits per heavy atom. The van der Waals surface area contributed by atoms with Crippen molar-refractivity contribution in [3.8, 4) is 5.75 Å². The normalized spacial score (nSPS) is 11.6. The minimum absolute atomic E-state index is 0.0559. The number of ether oxygens (including phenoxy) is 1. The molecule has 196 valence electrons. The monoisotopic (exact) mass is 502 g/mol. The Morgan fingerprint density at radius 1 is 1.08 bits per heavy atom. The second-order valence-electron chi connectivity index (χ2n) is 8.37. The fourth-order valence-corrected chi connectivity index (χ4v) is 3.60. The molecule has 1 fully saturated rings. The quantitative estimate of drug-likeness (QED) is 0.170. The van der Waals surface area contributed by atoms with Crippen LogP contribution in [0.1, 0.15) is 68.0 Å². The van der Waals surface area contributed by atoms with Gasteiger partial charge >= 0.3 is 0 Å². The van der Waals surface area contributed by atoms with Crippen LogP contribution < -0.4 is 15.4 Å². The first kappa shape index (κ1) is 29.2. The maximum atomic E-state index is 12.9. The number of ketones is 1. The van der Waals surface area contributed by atoms with Crippen molar-refractivity contribution < 1.29 is 9.53 Å². The Bertz CT molecular complexity index is 1230. The second-order valence-corrected chi connectivity index (χ2v) is 8.37. The summed E-state index contributed by atoms with van der Waals surface area (Å²) < 4.78 is 5.59. The Morgan fingerprint density at radius 3 is 2.32 bits per heavy atom. The highest BCUT2D eigenvalue weighted by Gasteiger charge is 2.32. The van der Waals surface area contributed by atoms with Crippen LogP contribution in [0.2, 0.25) is 0 Å². The number of nitrogens with zero attached hydrogens (tertiary/aromatic N) is 3. The van der Waals surface area contributed by atoms with Gasteiger partial charge in [-0.05, 0) is 52.7 Å². The SMILES string of the molecule is C=CC.CC.COc1c(Nc2cc(Nc3cc(C)nc(C)n3)ncc2C(=O)C2CC2)cccc1C(C)=N. The summed E-state index contributed by atoms with van der Waals surface area (Å²) >= 11 is 0. The summed E-state index contributed by atoms with van der Waals surface area (Å²) in [4.78, 5) is 26.1. The molecule has 0 amide bonds. The summed E-state index contributed by atoms with van der Waals surface area (Å²) in [6.45, 7) is 14.7. The molecule has 0 bridgehead atoms. The molecule has 0 unspecified atom stereocenters. The highest BCUT2D eigenvalue weighted by molar-refractivity contribution is 6.05. The molecule has 0 saturated heterocycles. The lowest BCUT2D eigenvalue weighted by Gasteiger charge is -2.17. The molecular weight excluding hydrogens is 464 g/mol. The number of hydrogen-bond acceptors (Lipinski definition) is 8. The number of rotatable bonds is 8. The Hall–Kier alpha value is -4.07. The lowest BCUT2D eigenvalue weighted by atomic mass is 10.1. The van der Waals surface area contributed by atoms with Crippen LogP contribution in [0.5, 0.6) is 5.75 Å². The summed E-state index contributed by atoms with van der Waals surface area (Å²) in [6.07, 6.45) is 5.16. The van der Waals surface area contributed by atoms with Crippen LogP contribution in [0.4, 0.5) is 23.0 Å². The maximum absolute atomic E-state index is 12.9. The van der Waals surface area contributed by atoms with Gasteiger partial charge in [0.25, 0.3) is 0 Å². The van der Waals surface area contributed by atoms with Crippen LogP contribution in [-0.4, -0.2) is 33.6 Å². The van der Waals surface area contributed by atoms with Gasteiger partial charge in [-0.3, -0.25) is 4.79 Å². The Balaban J connectivity index is 0.000000898. The molecule has 8 nitrogen and oxygen atoms in total. The van der Waals surface area contributed by atoms with Gasteiger partial charge in [-0.2, -0.15) is 0 Å².